The van der Waals surface area contributed by atoms with Crippen LogP contribution >= 0.6 is 0 Å². The van der Waals surface area contributed by atoms with Gasteiger partial charge in [-0.05, 0) is 18.6 Å². The van der Waals surface area contributed by atoms with Crippen molar-refractivity contribution in [2.45, 2.75) is 13.0 Å². The van der Waals surface area contributed by atoms with Crippen LogP contribution in [0.2, 0.25) is 0 Å². The Bertz CT molecular complexity index is 1340. The van der Waals surface area contributed by atoms with Gasteiger partial charge >= 0.3 is 0 Å². The maximum Gasteiger partial charge on any atom is 0.270 e. The Morgan fingerprint density at radius 3 is 2.67 bits per heavy atom. The van der Waals surface area contributed by atoms with Crippen LogP contribution in [0.1, 0.15) is 22.3 Å². The maximum absolute atomic E-state index is 13.5. The van der Waals surface area contributed by atoms with Crippen LogP contribution in [0.25, 0.3) is 22.2 Å². The molecule has 0 unspecified atom stereocenters. The molecule has 0 atom stereocenters. The van der Waals surface area contributed by atoms with Crippen LogP contribution in [0.5, 0.6) is 5.75 Å². The summed E-state index contributed by atoms with van der Waals surface area (Å²) in [6.45, 7) is 4.16. The van der Waals surface area contributed by atoms with E-state index in [1.165, 1.54) is 31.5 Å². The number of ketones is 1. The van der Waals surface area contributed by atoms with Gasteiger partial charge in [0, 0.05) is 43.7 Å². The van der Waals surface area contributed by atoms with E-state index in [1.54, 1.807) is 10.6 Å². The molecule has 0 N–H and O–H groups in total. The molecule has 1 aliphatic heterocycles. The largest absolute Gasteiger partial charge is 0.495 e. The molecule has 0 bridgehead atoms. The first-order valence-corrected chi connectivity index (χ1v) is 10.7. The summed E-state index contributed by atoms with van der Waals surface area (Å²) in [5.74, 6) is 0.170. The number of pyridine rings is 2. The van der Waals surface area contributed by atoms with Crippen LogP contribution in [0.3, 0.4) is 0 Å². The topological polar surface area (TPSA) is 117 Å². The fourth-order valence-corrected chi connectivity index (χ4v) is 4.57. The average Bonchev–Trinajstić information content (AvgIpc) is 3.13. The van der Waals surface area contributed by atoms with E-state index in [0.29, 0.717) is 59.8 Å². The van der Waals surface area contributed by atoms with Crippen molar-refractivity contribution in [2.24, 2.45) is 0 Å². The molecular weight excluding hydrogens is 428 g/mol. The highest BCUT2D eigenvalue weighted by Gasteiger charge is 2.34. The zero-order chi connectivity index (χ0) is 23.1. The number of fused-ring (bicyclic) bond motifs is 5. The monoisotopic (exact) mass is 450 g/mol. The summed E-state index contributed by atoms with van der Waals surface area (Å²) in [6.07, 6.45) is 2.19. The molecule has 2 aliphatic rings. The number of morpholine rings is 1. The predicted molar refractivity (Wildman–Crippen MR) is 120 cm³/mol. The lowest BCUT2D eigenvalue weighted by molar-refractivity contribution is -0.384. The van der Waals surface area contributed by atoms with Crippen LogP contribution in [-0.4, -0.2) is 65.1 Å². The number of nitro benzene ring substituents is 1. The molecule has 0 saturated carbocycles. The van der Waals surface area contributed by atoms with Crippen LogP contribution in [0.4, 0.5) is 5.69 Å². The van der Waals surface area contributed by atoms with Gasteiger partial charge in [-0.25, -0.2) is 0 Å². The summed E-state index contributed by atoms with van der Waals surface area (Å²) in [5, 5.41) is 11.9. The molecule has 1 aliphatic carbocycles. The van der Waals surface area contributed by atoms with E-state index in [4.69, 9.17) is 9.47 Å². The van der Waals surface area contributed by atoms with E-state index in [1.807, 2.05) is 0 Å². The van der Waals surface area contributed by atoms with E-state index in [-0.39, 0.29) is 22.4 Å². The molecule has 5 rings (SSSR count). The van der Waals surface area contributed by atoms with Gasteiger partial charge in [0.1, 0.15) is 5.75 Å². The summed E-state index contributed by atoms with van der Waals surface area (Å²) in [4.78, 5) is 44.4. The third kappa shape index (κ3) is 3.57. The number of carbonyl (C=O) groups excluding carboxylic acids is 1. The van der Waals surface area contributed by atoms with Gasteiger partial charge in [-0.1, -0.05) is 0 Å². The number of benzene rings is 1. The average molecular weight is 450 g/mol. The first-order chi connectivity index (χ1) is 16.0. The van der Waals surface area contributed by atoms with Crippen molar-refractivity contribution in [3.63, 3.8) is 0 Å². The van der Waals surface area contributed by atoms with E-state index in [0.717, 1.165) is 19.6 Å². The van der Waals surface area contributed by atoms with Crippen LogP contribution in [0.15, 0.2) is 35.3 Å². The molecule has 1 aromatic carbocycles. The molecule has 170 valence electrons. The van der Waals surface area contributed by atoms with Gasteiger partial charge in [0.2, 0.25) is 0 Å². The minimum absolute atomic E-state index is 0.155. The summed E-state index contributed by atoms with van der Waals surface area (Å²) < 4.78 is 12.2. The number of nitro groups is 1. The van der Waals surface area contributed by atoms with Gasteiger partial charge in [-0.3, -0.25) is 29.6 Å². The Balaban J connectivity index is 1.65. The number of carbonyl (C=O) groups is 1. The SMILES string of the molecule is COc1cnc2c(c1)C(=O)c1c-2n(CCCN2CCOCC2)c(=O)c2cc([N+](=O)[O-])ccc12. The second kappa shape index (κ2) is 8.38. The number of nitrogens with zero attached hydrogens (tertiary/aromatic N) is 4. The van der Waals surface area contributed by atoms with Crippen molar-refractivity contribution in [2.75, 3.05) is 40.0 Å². The van der Waals surface area contributed by atoms with Crippen molar-refractivity contribution in [3.8, 4) is 17.1 Å². The van der Waals surface area contributed by atoms with E-state index in [9.17, 15) is 19.7 Å². The van der Waals surface area contributed by atoms with E-state index < -0.39 is 4.92 Å². The van der Waals surface area contributed by atoms with Gasteiger partial charge < -0.3 is 14.0 Å². The molecule has 3 heterocycles. The minimum atomic E-state index is -0.544. The summed E-state index contributed by atoms with van der Waals surface area (Å²) in [5.41, 5.74) is 1.04. The predicted octanol–water partition coefficient (Wildman–Crippen LogP) is 2.25. The maximum atomic E-state index is 13.5. The van der Waals surface area contributed by atoms with Crippen molar-refractivity contribution >= 4 is 22.2 Å². The van der Waals surface area contributed by atoms with Gasteiger partial charge in [0.25, 0.3) is 11.2 Å². The first-order valence-electron chi connectivity index (χ1n) is 10.7. The summed E-state index contributed by atoms with van der Waals surface area (Å²) in [6, 6.07) is 5.66. The quantitative estimate of drug-likeness (QED) is 0.324. The smallest absolute Gasteiger partial charge is 0.270 e. The van der Waals surface area contributed by atoms with Crippen molar-refractivity contribution in [3.05, 3.63) is 62.1 Å². The molecule has 0 radical (unpaired) electrons. The molecule has 10 nitrogen and oxygen atoms in total. The molecule has 10 heteroatoms. The Hall–Kier alpha value is -3.63. The minimum Gasteiger partial charge on any atom is -0.495 e. The second-order valence-electron chi connectivity index (χ2n) is 8.08. The van der Waals surface area contributed by atoms with Gasteiger partial charge in [0.15, 0.2) is 5.78 Å². The first kappa shape index (κ1) is 21.2. The Labute approximate surface area is 188 Å². The summed E-state index contributed by atoms with van der Waals surface area (Å²) in [7, 11) is 1.49. The molecule has 1 saturated heterocycles. The van der Waals surface area contributed by atoms with Crippen molar-refractivity contribution < 1.29 is 19.2 Å². The highest BCUT2D eigenvalue weighted by Crippen LogP contribution is 2.39. The lowest BCUT2D eigenvalue weighted by Crippen LogP contribution is -2.37. The highest BCUT2D eigenvalue weighted by atomic mass is 16.6. The second-order valence-corrected chi connectivity index (χ2v) is 8.08. The molecule has 33 heavy (non-hydrogen) atoms. The standard InChI is InChI=1S/C23H22N4O6/c1-32-15-12-18-20(24-13-15)21-19(22(18)28)16-4-3-14(27(30)31)11-17(16)23(29)26(21)6-2-5-25-7-9-33-10-8-25/h3-4,11-13H,2,5-10H2,1H3. The number of hydrogen-bond acceptors (Lipinski definition) is 8. The van der Waals surface area contributed by atoms with Crippen molar-refractivity contribution in [1.29, 1.82) is 0 Å². The zero-order valence-electron chi connectivity index (χ0n) is 18.1. The van der Waals surface area contributed by atoms with Crippen LogP contribution in [0, 0.1) is 10.1 Å². The normalized spacial score (nSPS) is 15.5. The molecular formula is C23H22N4O6. The fourth-order valence-electron chi connectivity index (χ4n) is 4.57. The molecule has 0 amide bonds. The third-order valence-electron chi connectivity index (χ3n) is 6.22. The van der Waals surface area contributed by atoms with E-state index >= 15 is 0 Å². The van der Waals surface area contributed by atoms with Crippen LogP contribution in [-0.2, 0) is 11.3 Å². The Kier molecular flexibility index (Phi) is 5.39. The number of aromatic nitrogens is 2. The Morgan fingerprint density at radius 1 is 1.15 bits per heavy atom. The number of rotatable bonds is 6. The van der Waals surface area contributed by atoms with Gasteiger partial charge in [-0.2, -0.15) is 0 Å². The lowest BCUT2D eigenvalue weighted by Gasteiger charge is -2.26. The lowest BCUT2D eigenvalue weighted by atomic mass is 10.0. The molecule has 3 aromatic rings. The number of ether oxygens (including phenoxy) is 2. The fraction of sp³-hybridized carbons (Fsp3) is 0.348. The summed E-state index contributed by atoms with van der Waals surface area (Å²) >= 11 is 0. The van der Waals surface area contributed by atoms with Crippen molar-refractivity contribution in [1.82, 2.24) is 14.5 Å². The number of hydrogen-bond donors (Lipinski definition) is 0. The van der Waals surface area contributed by atoms with E-state index in [2.05, 4.69) is 9.88 Å². The van der Waals surface area contributed by atoms with Crippen LogP contribution < -0.4 is 10.3 Å². The molecule has 0 spiro atoms. The van der Waals surface area contributed by atoms with Gasteiger partial charge in [0.05, 0.1) is 59.3 Å². The third-order valence-corrected chi connectivity index (χ3v) is 6.22. The Morgan fingerprint density at radius 2 is 1.94 bits per heavy atom. The number of methoxy groups -OCH3 is 1. The highest BCUT2D eigenvalue weighted by molar-refractivity contribution is 6.26. The molecule has 2 aromatic heterocycles. The molecule has 1 fully saturated rings. The number of non-ortho nitro benzene ring substituents is 1. The zero-order valence-corrected chi connectivity index (χ0v) is 18.1. The van der Waals surface area contributed by atoms with Gasteiger partial charge in [-0.15, -0.1) is 0 Å².